The Bertz CT molecular complexity index is 3120. The van der Waals surface area contributed by atoms with Crippen LogP contribution in [0.2, 0.25) is 0 Å². The van der Waals surface area contributed by atoms with Gasteiger partial charge >= 0.3 is 0 Å². The van der Waals surface area contributed by atoms with Crippen molar-refractivity contribution in [3.63, 3.8) is 0 Å². The van der Waals surface area contributed by atoms with Crippen LogP contribution in [0.15, 0.2) is 170 Å². The standard InChI is InChI=1S/C21H24N2.C20H19N3.C20H22N2O/c1-2-4-17(5-3-1)8-10-21(11-13-22-16-21)15-18-6-7-20-19(14-18)9-12-23-20;21-13-18-11-16-10-17(6-7-19(16)23-18)20(8-9-22-14-20)12-15-4-2-1-3-5-15;1-23-18-4-2-3-15(11-18)13-20(8-10-21-14-20)17-5-6-19-16(12-17)7-9-22-19/h1-7,9,12,14,22-23H,8,10-11,13,15-16H2;1-7,10-11,22-23H,8-9,12,14H2;2-7,9,11-12,21-22H,8,10,13-14H2,1H3. The monoisotopic (exact) mass is 912 g/mol. The van der Waals surface area contributed by atoms with Gasteiger partial charge in [-0.25, -0.2) is 0 Å². The molecule has 8 nitrogen and oxygen atoms in total. The molecule has 3 fully saturated rings. The molecule has 6 heterocycles. The van der Waals surface area contributed by atoms with E-state index in [1.807, 2.05) is 24.5 Å². The van der Waals surface area contributed by atoms with Crippen LogP contribution in [0, 0.1) is 16.7 Å². The molecule has 3 unspecified atom stereocenters. The number of methoxy groups -OCH3 is 1. The first kappa shape index (κ1) is 45.9. The van der Waals surface area contributed by atoms with Crippen LogP contribution < -0.4 is 20.7 Å². The van der Waals surface area contributed by atoms with Gasteiger partial charge in [0.05, 0.1) is 7.11 Å². The van der Waals surface area contributed by atoms with Crippen molar-refractivity contribution in [3.8, 4) is 11.8 Å². The zero-order chi connectivity index (χ0) is 46.9. The summed E-state index contributed by atoms with van der Waals surface area (Å²) >= 11 is 0. The van der Waals surface area contributed by atoms with Gasteiger partial charge in [0.25, 0.3) is 0 Å². The van der Waals surface area contributed by atoms with Crippen molar-refractivity contribution >= 4 is 32.7 Å². The molecule has 350 valence electrons. The van der Waals surface area contributed by atoms with Gasteiger partial charge in [0.1, 0.15) is 17.5 Å². The molecular weight excluding hydrogens is 847 g/mol. The molecule has 3 saturated heterocycles. The van der Waals surface area contributed by atoms with Gasteiger partial charge in [0.15, 0.2) is 0 Å². The molecule has 3 atom stereocenters. The molecule has 9 aromatic rings. The normalized spacial score (nSPS) is 20.9. The number of hydrogen-bond donors (Lipinski definition) is 6. The maximum absolute atomic E-state index is 9.07. The summed E-state index contributed by atoms with van der Waals surface area (Å²) in [5.74, 6) is 0.935. The molecule has 3 aliphatic rings. The van der Waals surface area contributed by atoms with E-state index in [1.54, 1.807) is 7.11 Å². The quantitative estimate of drug-likeness (QED) is 0.0730. The molecule has 0 amide bonds. The molecule has 3 aromatic heterocycles. The molecule has 3 aliphatic heterocycles. The van der Waals surface area contributed by atoms with E-state index in [-0.39, 0.29) is 10.8 Å². The molecule has 6 aromatic carbocycles. The number of nitriles is 1. The first-order chi connectivity index (χ1) is 33.9. The number of benzene rings is 6. The smallest absolute Gasteiger partial charge is 0.119 e. The van der Waals surface area contributed by atoms with E-state index in [4.69, 9.17) is 10.00 Å². The minimum absolute atomic E-state index is 0.139. The Morgan fingerprint density at radius 1 is 0.507 bits per heavy atom. The number of hydrogen-bond acceptors (Lipinski definition) is 5. The Kier molecular flexibility index (Phi) is 13.8. The first-order valence-electron chi connectivity index (χ1n) is 24.9. The summed E-state index contributed by atoms with van der Waals surface area (Å²) in [5.41, 5.74) is 13.2. The lowest BCUT2D eigenvalue weighted by molar-refractivity contribution is 0.294. The lowest BCUT2D eigenvalue weighted by Crippen LogP contribution is -2.31. The molecule has 8 heteroatoms. The van der Waals surface area contributed by atoms with Crippen molar-refractivity contribution in [2.24, 2.45) is 5.41 Å². The van der Waals surface area contributed by atoms with Crippen LogP contribution in [0.25, 0.3) is 32.7 Å². The number of aryl methyl sites for hydroxylation is 1. The number of ether oxygens (including phenoxy) is 1. The highest BCUT2D eigenvalue weighted by Crippen LogP contribution is 2.39. The number of fused-ring (bicyclic) bond motifs is 3. The number of nitrogens with one attached hydrogen (secondary N) is 6. The first-order valence-corrected chi connectivity index (χ1v) is 24.9. The Morgan fingerprint density at radius 2 is 1.09 bits per heavy atom. The van der Waals surface area contributed by atoms with Crippen molar-refractivity contribution < 1.29 is 4.74 Å². The summed E-state index contributed by atoms with van der Waals surface area (Å²) in [6.07, 6.45) is 13.3. The van der Waals surface area contributed by atoms with Gasteiger partial charge in [-0.05, 0) is 187 Å². The number of nitrogens with zero attached hydrogens (tertiary/aromatic N) is 1. The van der Waals surface area contributed by atoms with Gasteiger partial charge in [-0.1, -0.05) is 91.0 Å². The van der Waals surface area contributed by atoms with Crippen LogP contribution in [0.1, 0.15) is 64.8 Å². The van der Waals surface area contributed by atoms with Crippen LogP contribution in [-0.4, -0.2) is 61.3 Å². The summed E-state index contributed by atoms with van der Waals surface area (Å²) in [4.78, 5) is 9.72. The number of aromatic amines is 3. The zero-order valence-corrected chi connectivity index (χ0v) is 39.9. The molecule has 0 saturated carbocycles. The van der Waals surface area contributed by atoms with Crippen molar-refractivity contribution in [3.05, 3.63) is 209 Å². The van der Waals surface area contributed by atoms with Gasteiger partial charge in [-0.2, -0.15) is 5.26 Å². The van der Waals surface area contributed by atoms with E-state index in [0.29, 0.717) is 11.1 Å². The lowest BCUT2D eigenvalue weighted by Gasteiger charge is -2.29. The van der Waals surface area contributed by atoms with E-state index < -0.39 is 0 Å². The zero-order valence-electron chi connectivity index (χ0n) is 39.9. The van der Waals surface area contributed by atoms with Crippen molar-refractivity contribution in [1.29, 1.82) is 5.26 Å². The van der Waals surface area contributed by atoms with Crippen LogP contribution in [0.4, 0.5) is 0 Å². The second-order valence-corrected chi connectivity index (χ2v) is 20.0. The van der Waals surface area contributed by atoms with Crippen LogP contribution >= 0.6 is 0 Å². The van der Waals surface area contributed by atoms with E-state index in [0.717, 1.165) is 75.2 Å². The highest BCUT2D eigenvalue weighted by molar-refractivity contribution is 5.83. The summed E-state index contributed by atoms with van der Waals surface area (Å²) in [6, 6.07) is 58.8. The molecule has 0 aliphatic carbocycles. The highest BCUT2D eigenvalue weighted by atomic mass is 16.5. The fraction of sp³-hybridized carbons (Fsp3) is 0.295. The fourth-order valence-corrected chi connectivity index (χ4v) is 11.5. The van der Waals surface area contributed by atoms with Crippen molar-refractivity contribution in [2.45, 2.75) is 62.2 Å². The maximum atomic E-state index is 9.07. The predicted octanol–water partition coefficient (Wildman–Crippen LogP) is 11.5. The molecule has 0 spiro atoms. The third-order valence-electron chi connectivity index (χ3n) is 15.4. The largest absolute Gasteiger partial charge is 0.497 e. The average molecular weight is 912 g/mol. The van der Waals surface area contributed by atoms with Crippen LogP contribution in [-0.2, 0) is 36.5 Å². The summed E-state index contributed by atoms with van der Waals surface area (Å²) < 4.78 is 5.39. The number of H-pyrrole nitrogens is 3. The molecule has 0 bridgehead atoms. The van der Waals surface area contributed by atoms with E-state index >= 15 is 0 Å². The summed E-state index contributed by atoms with van der Waals surface area (Å²) in [7, 11) is 1.73. The van der Waals surface area contributed by atoms with Crippen LogP contribution in [0.3, 0.4) is 0 Å². The fourth-order valence-electron chi connectivity index (χ4n) is 11.5. The number of aromatic nitrogens is 3. The summed E-state index contributed by atoms with van der Waals surface area (Å²) in [5, 5.41) is 23.5. The Labute approximate surface area is 406 Å². The summed E-state index contributed by atoms with van der Waals surface area (Å²) in [6.45, 7) is 6.46. The maximum Gasteiger partial charge on any atom is 0.119 e. The van der Waals surface area contributed by atoms with Gasteiger partial charge in [0, 0.05) is 64.8 Å². The minimum atomic E-state index is 0.139. The molecule has 6 N–H and O–H groups in total. The lowest BCUT2D eigenvalue weighted by atomic mass is 9.74. The van der Waals surface area contributed by atoms with Gasteiger partial charge in [-0.3, -0.25) is 0 Å². The minimum Gasteiger partial charge on any atom is -0.497 e. The molecule has 12 rings (SSSR count). The molecular formula is C61H65N7O. The molecule has 0 radical (unpaired) electrons. The van der Waals surface area contributed by atoms with Crippen molar-refractivity contribution in [1.82, 2.24) is 30.9 Å². The predicted molar refractivity (Wildman–Crippen MR) is 283 cm³/mol. The topological polar surface area (TPSA) is 116 Å². The highest BCUT2D eigenvalue weighted by Gasteiger charge is 2.37. The third-order valence-corrected chi connectivity index (χ3v) is 15.4. The van der Waals surface area contributed by atoms with Gasteiger partial charge in [-0.15, -0.1) is 0 Å². The SMILES string of the molecule is COc1cccc(CC2(c3ccc4[nH]ccc4c3)CCNC2)c1.N#Cc1cc2cc(C3(Cc4ccccc4)CCNC3)ccc2[nH]1.c1ccc(CCC2(Cc3ccc4[nH]ccc4c3)CCNC2)cc1. The Hall–Kier alpha value is -6.89. The second kappa shape index (κ2) is 20.8. The van der Waals surface area contributed by atoms with E-state index in [9.17, 15) is 0 Å². The third kappa shape index (κ3) is 10.6. The van der Waals surface area contributed by atoms with E-state index in [1.165, 1.54) is 87.3 Å². The van der Waals surface area contributed by atoms with Crippen LogP contribution in [0.5, 0.6) is 5.75 Å². The second-order valence-electron chi connectivity index (χ2n) is 20.0. The Balaban J connectivity index is 0.000000120. The molecule has 69 heavy (non-hydrogen) atoms. The van der Waals surface area contributed by atoms with Gasteiger partial charge in [0.2, 0.25) is 0 Å². The van der Waals surface area contributed by atoms with Gasteiger partial charge < -0.3 is 35.6 Å². The number of rotatable bonds is 12. The average Bonchev–Trinajstić information content (AvgIpc) is 4.27. The van der Waals surface area contributed by atoms with E-state index in [2.05, 4.69) is 183 Å². The van der Waals surface area contributed by atoms with Crippen molar-refractivity contribution in [2.75, 3.05) is 46.4 Å². The Morgan fingerprint density at radius 3 is 1.72 bits per heavy atom.